The lowest BCUT2D eigenvalue weighted by Crippen LogP contribution is -2.34. The van der Waals surface area contributed by atoms with Gasteiger partial charge < -0.3 is 9.64 Å². The number of ether oxygens (including phenoxy) is 1. The molecule has 0 saturated carbocycles. The quantitative estimate of drug-likeness (QED) is 0.580. The van der Waals surface area contributed by atoms with Crippen LogP contribution in [-0.2, 0) is 24.1 Å². The number of thiophene rings is 1. The molecular formula is C23H27N3O2S. The first kappa shape index (κ1) is 19.8. The number of benzene rings is 1. The van der Waals surface area contributed by atoms with Crippen molar-refractivity contribution >= 4 is 27.5 Å². The lowest BCUT2D eigenvalue weighted by Gasteiger charge is -2.19. The van der Waals surface area contributed by atoms with Crippen LogP contribution in [0.3, 0.4) is 0 Å². The van der Waals surface area contributed by atoms with E-state index in [-0.39, 0.29) is 12.5 Å². The molecule has 0 N–H and O–H groups in total. The van der Waals surface area contributed by atoms with E-state index in [9.17, 15) is 4.79 Å². The summed E-state index contributed by atoms with van der Waals surface area (Å²) in [5.74, 6) is 1.31. The normalized spacial score (nSPS) is 13.3. The zero-order valence-corrected chi connectivity index (χ0v) is 17.9. The van der Waals surface area contributed by atoms with Crippen molar-refractivity contribution in [3.8, 4) is 5.88 Å². The number of rotatable bonds is 7. The summed E-state index contributed by atoms with van der Waals surface area (Å²) in [5.41, 5.74) is 2.49. The van der Waals surface area contributed by atoms with Crippen molar-refractivity contribution < 1.29 is 9.53 Å². The minimum Gasteiger partial charge on any atom is -0.467 e. The minimum atomic E-state index is -0.00420. The van der Waals surface area contributed by atoms with Crippen LogP contribution in [0, 0.1) is 0 Å². The van der Waals surface area contributed by atoms with Crippen LogP contribution in [-0.4, -0.2) is 40.5 Å². The minimum absolute atomic E-state index is 0.00420. The third-order valence-corrected chi connectivity index (χ3v) is 6.67. The summed E-state index contributed by atoms with van der Waals surface area (Å²) < 4.78 is 6.03. The van der Waals surface area contributed by atoms with E-state index in [2.05, 4.69) is 12.1 Å². The zero-order chi connectivity index (χ0) is 20.2. The highest BCUT2D eigenvalue weighted by atomic mass is 32.1. The Bertz CT molecular complexity index is 996. The van der Waals surface area contributed by atoms with Gasteiger partial charge in [0.25, 0.3) is 5.91 Å². The number of nitrogens with zero attached hydrogens (tertiary/aromatic N) is 3. The smallest absolute Gasteiger partial charge is 0.260 e. The van der Waals surface area contributed by atoms with E-state index in [0.717, 1.165) is 28.9 Å². The molecule has 1 amide bonds. The predicted molar refractivity (Wildman–Crippen MR) is 117 cm³/mol. The van der Waals surface area contributed by atoms with E-state index >= 15 is 0 Å². The van der Waals surface area contributed by atoms with Crippen LogP contribution in [0.25, 0.3) is 10.2 Å². The summed E-state index contributed by atoms with van der Waals surface area (Å²) in [4.78, 5) is 26.3. The number of aryl methyl sites for hydroxylation is 2. The fraction of sp³-hybridized carbons (Fsp3) is 0.435. The predicted octanol–water partition coefficient (Wildman–Crippen LogP) is 4.41. The number of amides is 1. The van der Waals surface area contributed by atoms with Gasteiger partial charge in [-0.05, 0) is 50.7 Å². The molecule has 2 heterocycles. The molecule has 1 aliphatic rings. The van der Waals surface area contributed by atoms with E-state index in [1.54, 1.807) is 16.2 Å². The summed E-state index contributed by atoms with van der Waals surface area (Å²) in [7, 11) is 0. The molecule has 1 aromatic carbocycles. The number of carbonyl (C=O) groups excluding carboxylic acids is 1. The lowest BCUT2D eigenvalue weighted by atomic mass is 9.97. The van der Waals surface area contributed by atoms with Crippen molar-refractivity contribution in [2.75, 3.05) is 19.7 Å². The second-order valence-corrected chi connectivity index (χ2v) is 8.44. The fourth-order valence-electron chi connectivity index (χ4n) is 3.93. The summed E-state index contributed by atoms with van der Waals surface area (Å²) >= 11 is 1.76. The summed E-state index contributed by atoms with van der Waals surface area (Å²) in [5, 5.41) is 1.02. The van der Waals surface area contributed by atoms with Crippen LogP contribution in [0.4, 0.5) is 0 Å². The average Bonchev–Trinajstić information content (AvgIpc) is 3.12. The van der Waals surface area contributed by atoms with Gasteiger partial charge >= 0.3 is 0 Å². The van der Waals surface area contributed by atoms with Gasteiger partial charge in [0.15, 0.2) is 6.61 Å². The first-order chi connectivity index (χ1) is 14.2. The SMILES string of the molecule is CCN(CC)C(=O)COc1nc(Cc2ccccc2)nc2sc3c(c12)CCCC3. The number of hydrogen-bond donors (Lipinski definition) is 0. The van der Waals surface area contributed by atoms with Gasteiger partial charge in [0, 0.05) is 24.4 Å². The van der Waals surface area contributed by atoms with Gasteiger partial charge in [0.05, 0.1) is 5.39 Å². The number of carbonyl (C=O) groups is 1. The van der Waals surface area contributed by atoms with Crippen molar-refractivity contribution in [3.63, 3.8) is 0 Å². The third kappa shape index (κ3) is 4.27. The molecule has 4 rings (SSSR count). The van der Waals surface area contributed by atoms with E-state index in [0.29, 0.717) is 25.4 Å². The standard InChI is InChI=1S/C23H27N3O2S/c1-3-26(4-2)20(27)15-28-22-21-17-12-8-9-13-18(17)29-23(21)25-19(24-22)14-16-10-6-5-7-11-16/h5-7,10-11H,3-4,8-9,12-15H2,1-2H3. The Balaban J connectivity index is 1.69. The first-order valence-electron chi connectivity index (χ1n) is 10.4. The van der Waals surface area contributed by atoms with Gasteiger partial charge in [-0.2, -0.15) is 4.98 Å². The monoisotopic (exact) mass is 409 g/mol. The van der Waals surface area contributed by atoms with Crippen molar-refractivity contribution in [1.82, 2.24) is 14.9 Å². The molecular weight excluding hydrogens is 382 g/mol. The fourth-order valence-corrected chi connectivity index (χ4v) is 5.20. The molecule has 5 nitrogen and oxygen atoms in total. The number of hydrogen-bond acceptors (Lipinski definition) is 5. The maximum absolute atomic E-state index is 12.5. The highest BCUT2D eigenvalue weighted by molar-refractivity contribution is 7.18. The number of aromatic nitrogens is 2. The molecule has 152 valence electrons. The van der Waals surface area contributed by atoms with Crippen LogP contribution in [0.1, 0.15) is 48.5 Å². The summed E-state index contributed by atoms with van der Waals surface area (Å²) in [6.45, 7) is 5.36. The van der Waals surface area contributed by atoms with Gasteiger partial charge in [-0.1, -0.05) is 30.3 Å². The number of likely N-dealkylation sites (N-methyl/N-ethyl adjacent to an activating group) is 1. The Morgan fingerprint density at radius 2 is 1.86 bits per heavy atom. The molecule has 0 radical (unpaired) electrons. The molecule has 0 atom stereocenters. The third-order valence-electron chi connectivity index (χ3n) is 5.48. The Kier molecular flexibility index (Phi) is 6.09. The molecule has 0 saturated heterocycles. The molecule has 0 spiro atoms. The highest BCUT2D eigenvalue weighted by Gasteiger charge is 2.23. The second kappa shape index (κ2) is 8.91. The molecule has 0 fully saturated rings. The average molecular weight is 410 g/mol. The van der Waals surface area contributed by atoms with Crippen molar-refractivity contribution in [3.05, 3.63) is 52.2 Å². The van der Waals surface area contributed by atoms with E-state index in [1.807, 2.05) is 32.0 Å². The molecule has 3 aromatic rings. The maximum atomic E-state index is 12.5. The molecule has 2 aromatic heterocycles. The number of fused-ring (bicyclic) bond motifs is 3. The molecule has 6 heteroatoms. The topological polar surface area (TPSA) is 55.3 Å². The largest absolute Gasteiger partial charge is 0.467 e. The molecule has 29 heavy (non-hydrogen) atoms. The van der Waals surface area contributed by atoms with Gasteiger partial charge in [0.1, 0.15) is 10.7 Å². The Morgan fingerprint density at radius 1 is 1.10 bits per heavy atom. The first-order valence-corrected chi connectivity index (χ1v) is 11.3. The van der Waals surface area contributed by atoms with Crippen molar-refractivity contribution in [2.24, 2.45) is 0 Å². The highest BCUT2D eigenvalue weighted by Crippen LogP contribution is 2.39. The Morgan fingerprint density at radius 3 is 2.62 bits per heavy atom. The van der Waals surface area contributed by atoms with Crippen LogP contribution < -0.4 is 4.74 Å². The van der Waals surface area contributed by atoms with Crippen molar-refractivity contribution in [2.45, 2.75) is 46.0 Å². The van der Waals surface area contributed by atoms with Gasteiger partial charge in [0.2, 0.25) is 5.88 Å². The van der Waals surface area contributed by atoms with Crippen LogP contribution >= 0.6 is 11.3 Å². The van der Waals surface area contributed by atoms with E-state index < -0.39 is 0 Å². The van der Waals surface area contributed by atoms with Crippen LogP contribution in [0.5, 0.6) is 5.88 Å². The molecule has 0 unspecified atom stereocenters. The van der Waals surface area contributed by atoms with Crippen LogP contribution in [0.2, 0.25) is 0 Å². The van der Waals surface area contributed by atoms with E-state index in [1.165, 1.54) is 28.8 Å². The second-order valence-electron chi connectivity index (χ2n) is 7.35. The molecule has 0 aliphatic heterocycles. The molecule has 0 bridgehead atoms. The van der Waals surface area contributed by atoms with Crippen LogP contribution in [0.15, 0.2) is 30.3 Å². The Labute approximate surface area is 175 Å². The van der Waals surface area contributed by atoms with Gasteiger partial charge in [-0.25, -0.2) is 4.98 Å². The maximum Gasteiger partial charge on any atom is 0.260 e. The zero-order valence-electron chi connectivity index (χ0n) is 17.1. The van der Waals surface area contributed by atoms with Gasteiger partial charge in [-0.3, -0.25) is 4.79 Å². The van der Waals surface area contributed by atoms with Crippen molar-refractivity contribution in [1.29, 1.82) is 0 Å². The Hall–Kier alpha value is -2.47. The lowest BCUT2D eigenvalue weighted by molar-refractivity contribution is -0.133. The van der Waals surface area contributed by atoms with E-state index in [4.69, 9.17) is 14.7 Å². The molecule has 1 aliphatic carbocycles. The summed E-state index contributed by atoms with van der Waals surface area (Å²) in [6, 6.07) is 10.2. The van der Waals surface area contributed by atoms with Gasteiger partial charge in [-0.15, -0.1) is 11.3 Å². The summed E-state index contributed by atoms with van der Waals surface area (Å²) in [6.07, 6.45) is 5.20.